The van der Waals surface area contributed by atoms with Crippen LogP contribution in [0.25, 0.3) is 0 Å². The van der Waals surface area contributed by atoms with Crippen LogP contribution in [0.5, 0.6) is 0 Å². The fourth-order valence-electron chi connectivity index (χ4n) is 1.74. The summed E-state index contributed by atoms with van der Waals surface area (Å²) in [7, 11) is 0. The second-order valence-electron chi connectivity index (χ2n) is 6.17. The second-order valence-corrected chi connectivity index (χ2v) is 6.17. The van der Waals surface area contributed by atoms with Gasteiger partial charge in [0.25, 0.3) is 0 Å². The number of ether oxygens (including phenoxy) is 1. The molecule has 0 bridgehead atoms. The number of amides is 1. The largest absolute Gasteiger partial charge is 0.444 e. The lowest BCUT2D eigenvalue weighted by molar-refractivity contribution is 0.0524. The fourth-order valence-corrected chi connectivity index (χ4v) is 1.74. The van der Waals surface area contributed by atoms with Crippen molar-refractivity contribution >= 4 is 6.09 Å². The molecule has 0 aliphatic rings. The normalized spacial score (nSPS) is 12.8. The number of benzene rings is 1. The summed E-state index contributed by atoms with van der Waals surface area (Å²) >= 11 is 0. The summed E-state index contributed by atoms with van der Waals surface area (Å²) in [5.74, 6) is 0. The van der Waals surface area contributed by atoms with E-state index in [2.05, 4.69) is 36.5 Å². The van der Waals surface area contributed by atoms with Crippen LogP contribution < -0.4 is 11.1 Å². The van der Waals surface area contributed by atoms with Gasteiger partial charge in [-0.2, -0.15) is 0 Å². The van der Waals surface area contributed by atoms with Gasteiger partial charge in [-0.05, 0) is 46.1 Å². The van der Waals surface area contributed by atoms with Gasteiger partial charge in [0.1, 0.15) is 5.60 Å². The smallest absolute Gasteiger partial charge is 0.407 e. The first kappa shape index (κ1) is 16.5. The minimum atomic E-state index is -0.476. The van der Waals surface area contributed by atoms with Crippen LogP contribution in [-0.4, -0.2) is 24.3 Å². The first-order valence-electron chi connectivity index (χ1n) is 7.04. The molecule has 0 saturated heterocycles. The highest BCUT2D eigenvalue weighted by Gasteiger charge is 2.16. The molecular formula is C16H26N2O2. The third-order valence-electron chi connectivity index (χ3n) is 2.83. The zero-order valence-corrected chi connectivity index (χ0v) is 12.9. The van der Waals surface area contributed by atoms with Gasteiger partial charge in [-0.25, -0.2) is 4.79 Å². The molecule has 0 aliphatic heterocycles. The van der Waals surface area contributed by atoms with E-state index in [1.54, 1.807) is 0 Å². The molecule has 1 aromatic rings. The molecule has 0 fully saturated rings. The number of nitrogens with two attached hydrogens (primary N) is 1. The topological polar surface area (TPSA) is 64.3 Å². The predicted octanol–water partition coefficient (Wildman–Crippen LogP) is 2.78. The Morgan fingerprint density at radius 3 is 2.45 bits per heavy atom. The number of carbonyl (C=O) groups excluding carboxylic acids is 1. The molecule has 0 radical (unpaired) electrons. The molecule has 0 saturated carbocycles. The van der Waals surface area contributed by atoms with Crippen LogP contribution in [0.2, 0.25) is 0 Å². The van der Waals surface area contributed by atoms with E-state index >= 15 is 0 Å². The highest BCUT2D eigenvalue weighted by Crippen LogP contribution is 2.08. The highest BCUT2D eigenvalue weighted by atomic mass is 16.6. The van der Waals surface area contributed by atoms with E-state index in [0.717, 1.165) is 12.8 Å². The van der Waals surface area contributed by atoms with Gasteiger partial charge in [0.05, 0.1) is 0 Å². The molecule has 4 heteroatoms. The summed E-state index contributed by atoms with van der Waals surface area (Å²) in [4.78, 5) is 11.5. The average molecular weight is 278 g/mol. The molecule has 20 heavy (non-hydrogen) atoms. The van der Waals surface area contributed by atoms with Gasteiger partial charge in [0.2, 0.25) is 0 Å². The van der Waals surface area contributed by atoms with Crippen LogP contribution in [0.1, 0.15) is 38.3 Å². The molecule has 0 spiro atoms. The third-order valence-corrected chi connectivity index (χ3v) is 2.83. The molecule has 0 aromatic heterocycles. The van der Waals surface area contributed by atoms with Crippen LogP contribution in [0, 0.1) is 6.92 Å². The zero-order chi connectivity index (χ0) is 15.2. The molecular weight excluding hydrogens is 252 g/mol. The third kappa shape index (κ3) is 7.14. The molecule has 0 heterocycles. The Labute approximate surface area is 121 Å². The van der Waals surface area contributed by atoms with Crippen LogP contribution in [0.15, 0.2) is 24.3 Å². The molecule has 3 N–H and O–H groups in total. The summed E-state index contributed by atoms with van der Waals surface area (Å²) in [6.45, 7) is 8.01. The van der Waals surface area contributed by atoms with Crippen LogP contribution in [-0.2, 0) is 11.2 Å². The van der Waals surface area contributed by atoms with Crippen molar-refractivity contribution in [3.8, 4) is 0 Å². The van der Waals surface area contributed by atoms with Gasteiger partial charge in [0, 0.05) is 12.6 Å². The maximum Gasteiger partial charge on any atom is 0.407 e. The molecule has 1 atom stereocenters. The summed E-state index contributed by atoms with van der Waals surface area (Å²) in [5.41, 5.74) is 8.04. The molecule has 112 valence electrons. The van der Waals surface area contributed by atoms with E-state index in [1.165, 1.54) is 11.1 Å². The number of hydrogen-bond donors (Lipinski definition) is 2. The van der Waals surface area contributed by atoms with Crippen LogP contribution in [0.4, 0.5) is 4.79 Å². The quantitative estimate of drug-likeness (QED) is 0.870. The van der Waals surface area contributed by atoms with Crippen molar-refractivity contribution < 1.29 is 9.53 Å². The molecule has 1 amide bonds. The molecule has 0 aliphatic carbocycles. The fraction of sp³-hybridized carbons (Fsp3) is 0.562. The molecule has 1 aromatic carbocycles. The Balaban J connectivity index is 2.25. The maximum atomic E-state index is 11.5. The van der Waals surface area contributed by atoms with E-state index in [-0.39, 0.29) is 6.04 Å². The van der Waals surface area contributed by atoms with Crippen molar-refractivity contribution in [2.24, 2.45) is 5.73 Å². The molecule has 1 unspecified atom stereocenters. The van der Waals surface area contributed by atoms with E-state index in [9.17, 15) is 4.79 Å². The van der Waals surface area contributed by atoms with Gasteiger partial charge in [0.15, 0.2) is 0 Å². The van der Waals surface area contributed by atoms with E-state index in [4.69, 9.17) is 10.5 Å². The van der Waals surface area contributed by atoms with E-state index in [1.807, 2.05) is 20.8 Å². The zero-order valence-electron chi connectivity index (χ0n) is 12.9. The summed E-state index contributed by atoms with van der Waals surface area (Å²) < 4.78 is 5.16. The average Bonchev–Trinajstić information content (AvgIpc) is 2.33. The van der Waals surface area contributed by atoms with Gasteiger partial charge in [-0.1, -0.05) is 29.8 Å². The van der Waals surface area contributed by atoms with Crippen LogP contribution in [0.3, 0.4) is 0 Å². The summed E-state index contributed by atoms with van der Waals surface area (Å²) in [5, 5.41) is 2.70. The predicted molar refractivity (Wildman–Crippen MR) is 81.7 cm³/mol. The van der Waals surface area contributed by atoms with Gasteiger partial charge >= 0.3 is 6.09 Å². The lowest BCUT2D eigenvalue weighted by Crippen LogP contribution is -2.40. The first-order chi connectivity index (χ1) is 9.26. The highest BCUT2D eigenvalue weighted by molar-refractivity contribution is 5.67. The first-order valence-corrected chi connectivity index (χ1v) is 7.04. The van der Waals surface area contributed by atoms with Crippen molar-refractivity contribution in [3.05, 3.63) is 35.4 Å². The molecule has 4 nitrogen and oxygen atoms in total. The standard InChI is InChI=1S/C16H26N2O2/c1-12-5-7-13(8-6-12)9-10-14(17)11-18-15(19)20-16(2,3)4/h5-8,14H,9-11,17H2,1-4H3,(H,18,19). The Kier molecular flexibility index (Phi) is 6.02. The van der Waals surface area contributed by atoms with Gasteiger partial charge in [-0.15, -0.1) is 0 Å². The number of hydrogen-bond acceptors (Lipinski definition) is 3. The number of carbonyl (C=O) groups is 1. The van der Waals surface area contributed by atoms with Crippen molar-refractivity contribution in [3.63, 3.8) is 0 Å². The Morgan fingerprint density at radius 1 is 1.30 bits per heavy atom. The van der Waals surface area contributed by atoms with Gasteiger partial charge in [-0.3, -0.25) is 0 Å². The van der Waals surface area contributed by atoms with Crippen molar-refractivity contribution in [1.29, 1.82) is 0 Å². The summed E-state index contributed by atoms with van der Waals surface area (Å²) in [6.07, 6.45) is 1.33. The van der Waals surface area contributed by atoms with E-state index < -0.39 is 11.7 Å². The van der Waals surface area contributed by atoms with Gasteiger partial charge < -0.3 is 15.8 Å². The lowest BCUT2D eigenvalue weighted by atomic mass is 10.0. The number of alkyl carbamates (subject to hydrolysis) is 1. The second kappa shape index (κ2) is 7.29. The maximum absolute atomic E-state index is 11.5. The molecule has 1 rings (SSSR count). The minimum Gasteiger partial charge on any atom is -0.444 e. The van der Waals surface area contributed by atoms with E-state index in [0.29, 0.717) is 6.54 Å². The number of nitrogens with one attached hydrogen (secondary N) is 1. The Bertz CT molecular complexity index is 421. The van der Waals surface area contributed by atoms with Crippen molar-refractivity contribution in [2.75, 3.05) is 6.54 Å². The lowest BCUT2D eigenvalue weighted by Gasteiger charge is -2.20. The Morgan fingerprint density at radius 2 is 1.90 bits per heavy atom. The minimum absolute atomic E-state index is 0.0659. The number of rotatable bonds is 5. The number of aryl methyl sites for hydroxylation is 2. The van der Waals surface area contributed by atoms with Crippen LogP contribution >= 0.6 is 0 Å². The van der Waals surface area contributed by atoms with Crippen molar-refractivity contribution in [2.45, 2.75) is 52.2 Å². The SMILES string of the molecule is Cc1ccc(CCC(N)CNC(=O)OC(C)(C)C)cc1. The summed E-state index contributed by atoms with van der Waals surface area (Å²) in [6, 6.07) is 8.36. The monoisotopic (exact) mass is 278 g/mol. The Hall–Kier alpha value is -1.55. The van der Waals surface area contributed by atoms with Crippen molar-refractivity contribution in [1.82, 2.24) is 5.32 Å².